The van der Waals surface area contributed by atoms with Crippen LogP contribution in [-0.4, -0.2) is 9.97 Å². The van der Waals surface area contributed by atoms with Crippen molar-refractivity contribution in [1.82, 2.24) is 9.97 Å². The summed E-state index contributed by atoms with van der Waals surface area (Å²) >= 11 is 12.7. The van der Waals surface area contributed by atoms with Crippen LogP contribution in [0.25, 0.3) is 22.3 Å². The van der Waals surface area contributed by atoms with E-state index in [1.54, 1.807) is 36.5 Å². The Balaban J connectivity index is 2.00. The van der Waals surface area contributed by atoms with E-state index in [0.29, 0.717) is 22.4 Å². The van der Waals surface area contributed by atoms with Gasteiger partial charge in [-0.15, -0.1) is 0 Å². The van der Waals surface area contributed by atoms with Crippen LogP contribution in [-0.2, 0) is 6.54 Å². The van der Waals surface area contributed by atoms with E-state index >= 15 is 0 Å². The Morgan fingerprint density at radius 2 is 1.70 bits per heavy atom. The van der Waals surface area contributed by atoms with Crippen LogP contribution in [0, 0.1) is 5.82 Å². The van der Waals surface area contributed by atoms with Crippen molar-refractivity contribution in [3.8, 4) is 22.3 Å². The molecule has 4 rings (SSSR count). The zero-order chi connectivity index (χ0) is 21.1. The first-order valence-corrected chi connectivity index (χ1v) is 9.92. The van der Waals surface area contributed by atoms with Crippen molar-refractivity contribution in [2.24, 2.45) is 5.73 Å². The van der Waals surface area contributed by atoms with Gasteiger partial charge in [0.1, 0.15) is 18.0 Å². The molecule has 0 saturated heterocycles. The average molecular weight is 439 g/mol. The number of aromatic nitrogens is 2. The highest BCUT2D eigenvalue weighted by molar-refractivity contribution is 6.36. The molecule has 0 aliphatic rings. The second-order valence-corrected chi connectivity index (χ2v) is 7.42. The molecule has 1 aromatic heterocycles. The van der Waals surface area contributed by atoms with Crippen LogP contribution in [0.1, 0.15) is 5.56 Å². The molecule has 0 amide bonds. The molecule has 0 aliphatic carbocycles. The molecule has 0 spiro atoms. The van der Waals surface area contributed by atoms with Gasteiger partial charge in [0.15, 0.2) is 0 Å². The second-order valence-electron chi connectivity index (χ2n) is 6.58. The summed E-state index contributed by atoms with van der Waals surface area (Å²) in [6, 6.07) is 17.3. The van der Waals surface area contributed by atoms with Crippen molar-refractivity contribution in [2.45, 2.75) is 6.54 Å². The molecule has 30 heavy (non-hydrogen) atoms. The quantitative estimate of drug-likeness (QED) is 0.375. The highest BCUT2D eigenvalue weighted by Gasteiger charge is 2.19. The number of nitrogens with zero attached hydrogens (tertiary/aromatic N) is 2. The molecule has 3 N–H and O–H groups in total. The molecule has 150 valence electrons. The van der Waals surface area contributed by atoms with Crippen LogP contribution in [0.15, 0.2) is 73.2 Å². The number of hydrogen-bond donors (Lipinski definition) is 2. The van der Waals surface area contributed by atoms with Gasteiger partial charge in [0.25, 0.3) is 0 Å². The van der Waals surface area contributed by atoms with Gasteiger partial charge >= 0.3 is 0 Å². The van der Waals surface area contributed by atoms with Crippen molar-refractivity contribution in [3.05, 3.63) is 94.6 Å². The molecule has 4 nitrogen and oxygen atoms in total. The lowest BCUT2D eigenvalue weighted by molar-refractivity contribution is 0.628. The Labute approximate surface area is 183 Å². The van der Waals surface area contributed by atoms with E-state index in [1.165, 1.54) is 18.5 Å². The van der Waals surface area contributed by atoms with E-state index in [4.69, 9.17) is 28.9 Å². The maximum atomic E-state index is 13.5. The summed E-state index contributed by atoms with van der Waals surface area (Å²) in [5.74, 6) is 0.303. The molecule has 1 heterocycles. The summed E-state index contributed by atoms with van der Waals surface area (Å²) in [6.45, 7) is 0.302. The smallest absolute Gasteiger partial charge is 0.133 e. The lowest BCUT2D eigenvalue weighted by Crippen LogP contribution is -2.05. The Bertz CT molecular complexity index is 1180. The van der Waals surface area contributed by atoms with Gasteiger partial charge in [0.2, 0.25) is 0 Å². The fourth-order valence-corrected chi connectivity index (χ4v) is 3.81. The number of nitrogens with one attached hydrogen (secondary N) is 1. The Hall–Kier alpha value is -2.99. The topological polar surface area (TPSA) is 63.8 Å². The van der Waals surface area contributed by atoms with E-state index in [1.807, 2.05) is 18.2 Å². The monoisotopic (exact) mass is 438 g/mol. The predicted molar refractivity (Wildman–Crippen MR) is 120 cm³/mol. The molecule has 4 aromatic rings. The van der Waals surface area contributed by atoms with E-state index < -0.39 is 0 Å². The van der Waals surface area contributed by atoms with Crippen LogP contribution < -0.4 is 11.1 Å². The molecular formula is C23H17Cl2FN4. The largest absolute Gasteiger partial charge is 0.339 e. The van der Waals surface area contributed by atoms with Crippen LogP contribution in [0.3, 0.4) is 0 Å². The predicted octanol–water partition coefficient (Wildman–Crippen LogP) is 6.46. The van der Waals surface area contributed by atoms with Crippen molar-refractivity contribution in [2.75, 3.05) is 5.32 Å². The third-order valence-corrected chi connectivity index (χ3v) is 5.25. The van der Waals surface area contributed by atoms with E-state index in [0.717, 1.165) is 33.5 Å². The van der Waals surface area contributed by atoms with Crippen LogP contribution >= 0.6 is 23.2 Å². The van der Waals surface area contributed by atoms with Gasteiger partial charge in [0.05, 0.1) is 5.69 Å². The van der Waals surface area contributed by atoms with Crippen LogP contribution in [0.2, 0.25) is 10.0 Å². The highest BCUT2D eigenvalue weighted by atomic mass is 35.5. The fraction of sp³-hybridized carbons (Fsp3) is 0.0435. The summed E-state index contributed by atoms with van der Waals surface area (Å²) in [7, 11) is 0. The standard InChI is InChI=1S/C23H17Cl2FN4/c24-16-4-8-19(20(25)11-16)22-15(12-27)3-7-18(14-1-5-17(26)6-2-14)23(22)30-21-9-10-28-13-29-21/h1-11,13H,12,27H2,(H,28,29,30). The van der Waals surface area contributed by atoms with Gasteiger partial charge in [-0.05, 0) is 41.5 Å². The molecule has 0 saturated carbocycles. The lowest BCUT2D eigenvalue weighted by atomic mass is 9.91. The number of hydrogen-bond acceptors (Lipinski definition) is 4. The third-order valence-electron chi connectivity index (χ3n) is 4.70. The maximum absolute atomic E-state index is 13.5. The minimum atomic E-state index is -0.302. The summed E-state index contributed by atoms with van der Waals surface area (Å²) in [4.78, 5) is 8.25. The van der Waals surface area contributed by atoms with Crippen molar-refractivity contribution in [3.63, 3.8) is 0 Å². The van der Waals surface area contributed by atoms with E-state index in [-0.39, 0.29) is 5.82 Å². The minimum Gasteiger partial charge on any atom is -0.339 e. The zero-order valence-corrected chi connectivity index (χ0v) is 17.3. The van der Waals surface area contributed by atoms with Gasteiger partial charge in [-0.1, -0.05) is 53.5 Å². The van der Waals surface area contributed by atoms with Gasteiger partial charge in [0, 0.05) is 39.5 Å². The second kappa shape index (κ2) is 8.79. The van der Waals surface area contributed by atoms with Crippen LogP contribution in [0.4, 0.5) is 15.9 Å². The lowest BCUT2D eigenvalue weighted by Gasteiger charge is -2.21. The van der Waals surface area contributed by atoms with Gasteiger partial charge in [-0.25, -0.2) is 14.4 Å². The summed E-state index contributed by atoms with van der Waals surface area (Å²) in [5.41, 5.74) is 11.0. The first-order valence-electron chi connectivity index (χ1n) is 9.17. The molecule has 0 atom stereocenters. The summed E-state index contributed by atoms with van der Waals surface area (Å²) in [6.07, 6.45) is 3.11. The zero-order valence-electron chi connectivity index (χ0n) is 15.7. The number of rotatable bonds is 5. The fourth-order valence-electron chi connectivity index (χ4n) is 3.31. The van der Waals surface area contributed by atoms with Crippen molar-refractivity contribution < 1.29 is 4.39 Å². The normalized spacial score (nSPS) is 10.8. The Morgan fingerprint density at radius 1 is 0.933 bits per heavy atom. The van der Waals surface area contributed by atoms with E-state index in [2.05, 4.69) is 15.3 Å². The molecular weight excluding hydrogens is 422 g/mol. The first kappa shape index (κ1) is 20.3. The van der Waals surface area contributed by atoms with Gasteiger partial charge < -0.3 is 11.1 Å². The number of anilines is 2. The maximum Gasteiger partial charge on any atom is 0.133 e. The number of nitrogens with two attached hydrogens (primary N) is 1. The third kappa shape index (κ3) is 4.14. The van der Waals surface area contributed by atoms with Gasteiger partial charge in [-0.2, -0.15) is 0 Å². The number of benzene rings is 3. The summed E-state index contributed by atoms with van der Waals surface area (Å²) in [5, 5.41) is 4.42. The van der Waals surface area contributed by atoms with Crippen LogP contribution in [0.5, 0.6) is 0 Å². The van der Waals surface area contributed by atoms with Crippen molar-refractivity contribution >= 4 is 34.7 Å². The number of halogens is 3. The minimum absolute atomic E-state index is 0.302. The SMILES string of the molecule is NCc1ccc(-c2ccc(F)cc2)c(Nc2ccncn2)c1-c1ccc(Cl)cc1Cl. The molecule has 0 unspecified atom stereocenters. The Morgan fingerprint density at radius 3 is 2.37 bits per heavy atom. The summed E-state index contributed by atoms with van der Waals surface area (Å²) < 4.78 is 13.5. The molecule has 0 aliphatic heterocycles. The molecule has 0 radical (unpaired) electrons. The van der Waals surface area contributed by atoms with Gasteiger partial charge in [-0.3, -0.25) is 0 Å². The van der Waals surface area contributed by atoms with E-state index in [9.17, 15) is 4.39 Å². The van der Waals surface area contributed by atoms with Crippen molar-refractivity contribution in [1.29, 1.82) is 0 Å². The first-order chi connectivity index (χ1) is 14.6. The average Bonchev–Trinajstić information content (AvgIpc) is 2.75. The molecule has 0 bridgehead atoms. The molecule has 0 fully saturated rings. The molecule has 7 heteroatoms. The Kier molecular flexibility index (Phi) is 5.95. The highest BCUT2D eigenvalue weighted by Crippen LogP contribution is 2.43. The molecule has 3 aromatic carbocycles.